The summed E-state index contributed by atoms with van der Waals surface area (Å²) in [4.78, 5) is 26.4. The van der Waals surface area contributed by atoms with E-state index in [1.54, 1.807) is 18.4 Å². The number of alkyl halides is 3. The van der Waals surface area contributed by atoms with Gasteiger partial charge in [0.15, 0.2) is 9.84 Å². The van der Waals surface area contributed by atoms with Crippen molar-refractivity contribution in [2.45, 2.75) is 26.6 Å². The van der Waals surface area contributed by atoms with Gasteiger partial charge in [0.2, 0.25) is 5.43 Å². The van der Waals surface area contributed by atoms with Gasteiger partial charge in [0.1, 0.15) is 5.56 Å². The Morgan fingerprint density at radius 3 is 2.49 bits per heavy atom. The van der Waals surface area contributed by atoms with Gasteiger partial charge in [-0.25, -0.2) is 8.42 Å². The molecule has 1 N–H and O–H groups in total. The van der Waals surface area contributed by atoms with Crippen LogP contribution in [0.15, 0.2) is 70.5 Å². The van der Waals surface area contributed by atoms with Gasteiger partial charge in [0.25, 0.3) is 5.91 Å². The van der Waals surface area contributed by atoms with Crippen molar-refractivity contribution in [1.29, 1.82) is 0 Å². The summed E-state index contributed by atoms with van der Waals surface area (Å²) >= 11 is 0. The SMILES string of the molecule is C=C(/C=C\C(=C/C)S(C)(=O)=O)CNC(=O)c1cn(CCOC)c(C)c(-c2cccc(C(F)(F)F)c2)c1=O. The van der Waals surface area contributed by atoms with Crippen molar-refractivity contribution in [2.75, 3.05) is 26.5 Å². The monoisotopic (exact) mass is 538 g/mol. The first-order valence-electron chi connectivity index (χ1n) is 11.1. The zero-order chi connectivity index (χ0) is 28.0. The summed E-state index contributed by atoms with van der Waals surface area (Å²) in [7, 11) is -1.96. The first kappa shape index (κ1) is 29.8. The molecule has 0 radical (unpaired) electrons. The standard InChI is InChI=1S/C26H29F3N2O5S/c1-6-21(37(5,34)35)11-10-17(2)15-30-25(33)22-16-31(12-13-36-4)18(3)23(24(22)32)19-8-7-9-20(14-19)26(27,28)29/h6-11,14,16H,2,12-13,15H2,1,3-5H3,(H,30,33)/b11-10-,21-6+. The molecule has 0 bridgehead atoms. The molecule has 0 saturated heterocycles. The number of amides is 1. The highest BCUT2D eigenvalue weighted by atomic mass is 32.2. The molecular formula is C26H29F3N2O5S. The average Bonchev–Trinajstić information content (AvgIpc) is 2.81. The number of sulfone groups is 1. The summed E-state index contributed by atoms with van der Waals surface area (Å²) in [5.74, 6) is -0.756. The molecule has 1 heterocycles. The highest BCUT2D eigenvalue weighted by molar-refractivity contribution is 7.94. The maximum atomic E-state index is 13.3. The molecule has 2 aromatic rings. The van der Waals surface area contributed by atoms with E-state index in [-0.39, 0.29) is 41.3 Å². The van der Waals surface area contributed by atoms with E-state index in [9.17, 15) is 31.2 Å². The quantitative estimate of drug-likeness (QED) is 0.456. The smallest absolute Gasteiger partial charge is 0.383 e. The summed E-state index contributed by atoms with van der Waals surface area (Å²) < 4.78 is 70.0. The zero-order valence-electron chi connectivity index (χ0n) is 21.0. The van der Waals surface area contributed by atoms with Gasteiger partial charge in [-0.05, 0) is 43.2 Å². The molecular weight excluding hydrogens is 509 g/mol. The predicted octanol–water partition coefficient (Wildman–Crippen LogP) is 4.28. The van der Waals surface area contributed by atoms with Crippen molar-refractivity contribution in [3.8, 4) is 11.1 Å². The molecule has 0 saturated carbocycles. The molecule has 37 heavy (non-hydrogen) atoms. The second-order valence-corrected chi connectivity index (χ2v) is 10.3. The molecule has 1 aromatic heterocycles. The molecule has 0 aliphatic carbocycles. The number of hydrogen-bond donors (Lipinski definition) is 1. The van der Waals surface area contributed by atoms with E-state index in [0.717, 1.165) is 18.4 Å². The maximum absolute atomic E-state index is 13.3. The Morgan fingerprint density at radius 2 is 1.92 bits per heavy atom. The highest BCUT2D eigenvalue weighted by Gasteiger charge is 2.31. The largest absolute Gasteiger partial charge is 0.416 e. The van der Waals surface area contributed by atoms with Crippen LogP contribution >= 0.6 is 0 Å². The van der Waals surface area contributed by atoms with Crippen molar-refractivity contribution in [3.63, 3.8) is 0 Å². The number of carbonyl (C=O) groups is 1. The molecule has 0 atom stereocenters. The molecule has 0 aliphatic rings. The summed E-state index contributed by atoms with van der Waals surface area (Å²) in [5.41, 5.74) is -1.16. The van der Waals surface area contributed by atoms with Gasteiger partial charge in [-0.15, -0.1) is 0 Å². The lowest BCUT2D eigenvalue weighted by molar-refractivity contribution is -0.137. The third-order valence-corrected chi connectivity index (χ3v) is 6.71. The number of halogens is 3. The van der Waals surface area contributed by atoms with Gasteiger partial charge in [-0.1, -0.05) is 30.9 Å². The molecule has 200 valence electrons. The molecule has 2 rings (SSSR count). The van der Waals surface area contributed by atoms with Crippen LogP contribution in [0.2, 0.25) is 0 Å². The number of methoxy groups -OCH3 is 1. The second kappa shape index (κ2) is 12.2. The number of allylic oxidation sites excluding steroid dienone is 2. The number of aromatic nitrogens is 1. The first-order chi connectivity index (χ1) is 17.2. The Balaban J connectivity index is 2.45. The van der Waals surface area contributed by atoms with Gasteiger partial charge in [0.05, 0.1) is 17.1 Å². The normalized spacial score (nSPS) is 12.7. The number of nitrogens with one attached hydrogen (secondary N) is 1. The summed E-state index contributed by atoms with van der Waals surface area (Å²) in [6.07, 6.45) is 1.98. The summed E-state index contributed by atoms with van der Waals surface area (Å²) in [6.45, 7) is 7.32. The Kier molecular flexibility index (Phi) is 9.82. The predicted molar refractivity (Wildman–Crippen MR) is 137 cm³/mol. The first-order valence-corrected chi connectivity index (χ1v) is 13.0. The van der Waals surface area contributed by atoms with Gasteiger partial charge in [-0.3, -0.25) is 9.59 Å². The Labute approximate surface area is 213 Å². The Bertz CT molecular complexity index is 1400. The number of pyridine rings is 1. The van der Waals surface area contributed by atoms with Gasteiger partial charge in [-0.2, -0.15) is 13.2 Å². The van der Waals surface area contributed by atoms with E-state index in [0.29, 0.717) is 11.3 Å². The van der Waals surface area contributed by atoms with Crippen molar-refractivity contribution >= 4 is 15.7 Å². The Morgan fingerprint density at radius 1 is 1.24 bits per heavy atom. The van der Waals surface area contributed by atoms with Crippen molar-refractivity contribution in [1.82, 2.24) is 9.88 Å². The van der Waals surface area contributed by atoms with Crippen molar-refractivity contribution in [3.05, 3.63) is 92.8 Å². The lowest BCUT2D eigenvalue weighted by Gasteiger charge is -2.17. The van der Waals surface area contributed by atoms with Crippen LogP contribution in [0.1, 0.15) is 28.5 Å². The maximum Gasteiger partial charge on any atom is 0.416 e. The van der Waals surface area contributed by atoms with Crippen LogP contribution in [0.3, 0.4) is 0 Å². The molecule has 1 amide bonds. The van der Waals surface area contributed by atoms with Crippen LogP contribution in [0.4, 0.5) is 13.2 Å². The topological polar surface area (TPSA) is 94.5 Å². The molecule has 0 aliphatic heterocycles. The highest BCUT2D eigenvalue weighted by Crippen LogP contribution is 2.32. The average molecular weight is 539 g/mol. The lowest BCUT2D eigenvalue weighted by atomic mass is 9.99. The number of hydrogen-bond acceptors (Lipinski definition) is 5. The number of carbonyl (C=O) groups excluding carboxylic acids is 1. The molecule has 0 unspecified atom stereocenters. The third-order valence-electron chi connectivity index (χ3n) is 5.48. The van der Waals surface area contributed by atoms with E-state index < -0.39 is 32.9 Å². The van der Waals surface area contributed by atoms with Crippen LogP contribution in [-0.4, -0.2) is 45.4 Å². The zero-order valence-corrected chi connectivity index (χ0v) is 21.8. The van der Waals surface area contributed by atoms with E-state index >= 15 is 0 Å². The number of ether oxygens (including phenoxy) is 1. The molecule has 0 fully saturated rings. The number of rotatable bonds is 10. The minimum absolute atomic E-state index is 0.0283. The van der Waals surface area contributed by atoms with Crippen LogP contribution in [0.25, 0.3) is 11.1 Å². The number of nitrogens with zero attached hydrogens (tertiary/aromatic N) is 1. The molecule has 0 spiro atoms. The van der Waals surface area contributed by atoms with Crippen LogP contribution in [-0.2, 0) is 27.3 Å². The fraction of sp³-hybridized carbons (Fsp3) is 0.308. The van der Waals surface area contributed by atoms with Crippen molar-refractivity contribution in [2.24, 2.45) is 0 Å². The molecule has 7 nitrogen and oxygen atoms in total. The number of benzene rings is 1. The van der Waals surface area contributed by atoms with E-state index in [4.69, 9.17) is 4.74 Å². The molecule has 1 aromatic carbocycles. The van der Waals surface area contributed by atoms with Crippen LogP contribution in [0, 0.1) is 6.92 Å². The fourth-order valence-electron chi connectivity index (χ4n) is 3.51. The van der Waals surface area contributed by atoms with Gasteiger partial charge in [0, 0.05) is 43.9 Å². The van der Waals surface area contributed by atoms with Gasteiger partial charge >= 0.3 is 6.18 Å². The van der Waals surface area contributed by atoms with Crippen LogP contribution in [0.5, 0.6) is 0 Å². The van der Waals surface area contributed by atoms with E-state index in [1.807, 2.05) is 0 Å². The van der Waals surface area contributed by atoms with E-state index in [1.165, 1.54) is 43.7 Å². The minimum atomic E-state index is -4.61. The van der Waals surface area contributed by atoms with E-state index in [2.05, 4.69) is 11.9 Å². The van der Waals surface area contributed by atoms with Gasteiger partial charge < -0.3 is 14.6 Å². The molecule has 11 heteroatoms. The summed E-state index contributed by atoms with van der Waals surface area (Å²) in [5, 5.41) is 2.55. The van der Waals surface area contributed by atoms with Crippen LogP contribution < -0.4 is 10.7 Å². The summed E-state index contributed by atoms with van der Waals surface area (Å²) in [6, 6.07) is 4.36. The van der Waals surface area contributed by atoms with Crippen molar-refractivity contribution < 1.29 is 31.1 Å². The second-order valence-electron chi connectivity index (χ2n) is 8.23. The third kappa shape index (κ3) is 7.77. The Hall–Kier alpha value is -3.44. The fourth-order valence-corrected chi connectivity index (χ4v) is 4.25. The lowest BCUT2D eigenvalue weighted by Crippen LogP contribution is -2.32. The minimum Gasteiger partial charge on any atom is -0.383 e.